The summed E-state index contributed by atoms with van der Waals surface area (Å²) in [5.41, 5.74) is -0.563. The van der Waals surface area contributed by atoms with Crippen LogP contribution >= 0.6 is 0 Å². The topological polar surface area (TPSA) is 0 Å². The van der Waals surface area contributed by atoms with Crippen molar-refractivity contribution in [2.45, 2.75) is 19.5 Å². The Morgan fingerprint density at radius 3 is 2.30 bits per heavy atom. The van der Waals surface area contributed by atoms with Gasteiger partial charge >= 0.3 is 6.18 Å². The molecule has 0 bridgehead atoms. The van der Waals surface area contributed by atoms with Crippen molar-refractivity contribution >= 4 is 0 Å². The van der Waals surface area contributed by atoms with Gasteiger partial charge in [-0.1, -0.05) is 12.2 Å². The lowest BCUT2D eigenvalue weighted by atomic mass is 10.2. The molecule has 0 saturated carbocycles. The van der Waals surface area contributed by atoms with E-state index in [1.165, 1.54) is 6.08 Å². The quantitative estimate of drug-likeness (QED) is 0.530. The van der Waals surface area contributed by atoms with Crippen molar-refractivity contribution in [3.63, 3.8) is 0 Å². The monoisotopic (exact) mass is 150 g/mol. The number of hydrogen-bond acceptors (Lipinski definition) is 0. The fourth-order valence-electron chi connectivity index (χ4n) is 0.376. The third-order valence-electron chi connectivity index (χ3n) is 1.04. The highest BCUT2D eigenvalue weighted by Gasteiger charge is 2.29. The minimum atomic E-state index is -4.18. The van der Waals surface area contributed by atoms with E-state index in [1.54, 1.807) is 0 Å². The van der Waals surface area contributed by atoms with E-state index in [0.717, 1.165) is 13.0 Å². The van der Waals surface area contributed by atoms with Crippen LogP contribution in [0.2, 0.25) is 0 Å². The van der Waals surface area contributed by atoms with Crippen LogP contribution in [0.25, 0.3) is 0 Å². The summed E-state index contributed by atoms with van der Waals surface area (Å²) in [6.45, 7) is 4.35. The zero-order valence-electron chi connectivity index (χ0n) is 5.70. The van der Waals surface area contributed by atoms with Gasteiger partial charge in [-0.25, -0.2) is 0 Å². The van der Waals surface area contributed by atoms with Gasteiger partial charge in [0.25, 0.3) is 0 Å². The molecule has 0 aliphatic heterocycles. The van der Waals surface area contributed by atoms with Crippen LogP contribution in [-0.4, -0.2) is 6.18 Å². The van der Waals surface area contributed by atoms with Crippen molar-refractivity contribution in [2.75, 3.05) is 0 Å². The molecular weight excluding hydrogens is 141 g/mol. The molecule has 0 aliphatic carbocycles. The van der Waals surface area contributed by atoms with Gasteiger partial charge in [-0.2, -0.15) is 13.2 Å². The number of hydrogen-bond donors (Lipinski definition) is 0. The van der Waals surface area contributed by atoms with Gasteiger partial charge in [0.1, 0.15) is 0 Å². The highest BCUT2D eigenvalue weighted by Crippen LogP contribution is 2.24. The van der Waals surface area contributed by atoms with E-state index >= 15 is 0 Å². The Labute approximate surface area is 58.0 Å². The Morgan fingerprint density at radius 2 is 2.00 bits per heavy atom. The summed E-state index contributed by atoms with van der Waals surface area (Å²) in [6, 6.07) is 0. The molecule has 58 valence electrons. The minimum Gasteiger partial charge on any atom is -0.167 e. The van der Waals surface area contributed by atoms with Crippen molar-refractivity contribution in [1.82, 2.24) is 0 Å². The molecular formula is C7H9F3. The molecule has 0 aromatic heterocycles. The summed E-state index contributed by atoms with van der Waals surface area (Å²) in [6.07, 6.45) is -1.38. The molecule has 0 aliphatic rings. The molecule has 0 unspecified atom stereocenters. The van der Waals surface area contributed by atoms with Gasteiger partial charge in [-0.05, 0) is 13.3 Å². The predicted molar refractivity (Wildman–Crippen MR) is 34.6 cm³/mol. The van der Waals surface area contributed by atoms with Gasteiger partial charge < -0.3 is 0 Å². The second-order valence-corrected chi connectivity index (χ2v) is 1.91. The van der Waals surface area contributed by atoms with E-state index < -0.39 is 11.7 Å². The average molecular weight is 150 g/mol. The molecule has 3 heteroatoms. The zero-order chi connectivity index (χ0) is 8.20. The van der Waals surface area contributed by atoms with Gasteiger partial charge in [0, 0.05) is 5.57 Å². The first-order chi connectivity index (χ1) is 4.48. The minimum absolute atomic E-state index is 0.269. The summed E-state index contributed by atoms with van der Waals surface area (Å²) >= 11 is 0. The second kappa shape index (κ2) is 3.44. The lowest BCUT2D eigenvalue weighted by molar-refractivity contribution is -0.0915. The fourth-order valence-corrected chi connectivity index (χ4v) is 0.376. The third kappa shape index (κ3) is 3.33. The molecule has 0 radical (unpaired) electrons. The SMILES string of the molecule is C=CC/C=C(\C)C(F)(F)F. The molecule has 0 spiro atoms. The van der Waals surface area contributed by atoms with E-state index in [-0.39, 0.29) is 6.42 Å². The van der Waals surface area contributed by atoms with E-state index in [4.69, 9.17) is 0 Å². The first-order valence-corrected chi connectivity index (χ1v) is 2.83. The van der Waals surface area contributed by atoms with Crippen LogP contribution in [-0.2, 0) is 0 Å². The summed E-state index contributed by atoms with van der Waals surface area (Å²) in [7, 11) is 0. The van der Waals surface area contributed by atoms with Crippen LogP contribution in [0.1, 0.15) is 13.3 Å². The van der Waals surface area contributed by atoms with E-state index in [1.807, 2.05) is 0 Å². The molecule has 0 saturated heterocycles. The Kier molecular flexibility index (Phi) is 3.19. The van der Waals surface area contributed by atoms with Crippen molar-refractivity contribution in [1.29, 1.82) is 0 Å². The van der Waals surface area contributed by atoms with Crippen molar-refractivity contribution in [2.24, 2.45) is 0 Å². The van der Waals surface area contributed by atoms with Gasteiger partial charge in [0.2, 0.25) is 0 Å². The molecule has 0 aromatic rings. The highest BCUT2D eigenvalue weighted by atomic mass is 19.4. The molecule has 0 heterocycles. The van der Waals surface area contributed by atoms with Crippen LogP contribution in [0.3, 0.4) is 0 Å². The van der Waals surface area contributed by atoms with Crippen molar-refractivity contribution in [3.05, 3.63) is 24.3 Å². The van der Waals surface area contributed by atoms with Crippen molar-refractivity contribution in [3.8, 4) is 0 Å². The van der Waals surface area contributed by atoms with Gasteiger partial charge in [0.15, 0.2) is 0 Å². The first kappa shape index (κ1) is 9.27. The zero-order valence-corrected chi connectivity index (χ0v) is 5.70. The number of rotatable bonds is 2. The van der Waals surface area contributed by atoms with Crippen LogP contribution in [0.5, 0.6) is 0 Å². The maximum atomic E-state index is 11.7. The second-order valence-electron chi connectivity index (χ2n) is 1.91. The first-order valence-electron chi connectivity index (χ1n) is 2.83. The summed E-state index contributed by atoms with van der Waals surface area (Å²) in [5, 5.41) is 0. The van der Waals surface area contributed by atoms with Crippen LogP contribution in [0, 0.1) is 0 Å². The Balaban J connectivity index is 4.05. The molecule has 0 amide bonds. The normalized spacial score (nSPS) is 13.4. The summed E-state index contributed by atoms with van der Waals surface area (Å²) in [4.78, 5) is 0. The maximum absolute atomic E-state index is 11.7. The van der Waals surface area contributed by atoms with Gasteiger partial charge in [-0.15, -0.1) is 6.58 Å². The van der Waals surface area contributed by atoms with Gasteiger partial charge in [-0.3, -0.25) is 0 Å². The highest BCUT2D eigenvalue weighted by molar-refractivity contribution is 5.06. The molecule has 0 fully saturated rings. The number of halogens is 3. The Hall–Kier alpha value is -0.730. The molecule has 10 heavy (non-hydrogen) atoms. The standard InChI is InChI=1S/C7H9F3/c1-3-4-5-6(2)7(8,9)10/h3,5H,1,4H2,2H3/b6-5+. The Morgan fingerprint density at radius 1 is 1.50 bits per heavy atom. The maximum Gasteiger partial charge on any atom is 0.412 e. The van der Waals surface area contributed by atoms with Crippen LogP contribution in [0.4, 0.5) is 13.2 Å². The lowest BCUT2D eigenvalue weighted by Crippen LogP contribution is -2.08. The molecule has 0 N–H and O–H groups in total. The molecule has 0 aromatic carbocycles. The van der Waals surface area contributed by atoms with E-state index in [9.17, 15) is 13.2 Å². The van der Waals surface area contributed by atoms with E-state index in [0.29, 0.717) is 0 Å². The van der Waals surface area contributed by atoms with Gasteiger partial charge in [0.05, 0.1) is 0 Å². The predicted octanol–water partition coefficient (Wildman–Crippen LogP) is 3.07. The fraction of sp³-hybridized carbons (Fsp3) is 0.429. The molecule has 0 rings (SSSR count). The summed E-state index contributed by atoms with van der Waals surface area (Å²) < 4.78 is 35.0. The van der Waals surface area contributed by atoms with Crippen LogP contribution in [0.15, 0.2) is 24.3 Å². The average Bonchev–Trinajstić information content (AvgIpc) is 1.80. The van der Waals surface area contributed by atoms with Crippen molar-refractivity contribution < 1.29 is 13.2 Å². The largest absolute Gasteiger partial charge is 0.412 e. The summed E-state index contributed by atoms with van der Waals surface area (Å²) in [5.74, 6) is 0. The third-order valence-corrected chi connectivity index (χ3v) is 1.04. The Bertz CT molecular complexity index is 141. The number of alkyl halides is 3. The van der Waals surface area contributed by atoms with E-state index in [2.05, 4.69) is 6.58 Å². The van der Waals surface area contributed by atoms with Crippen LogP contribution < -0.4 is 0 Å². The number of allylic oxidation sites excluding steroid dienone is 3. The molecule has 0 nitrogen and oxygen atoms in total. The lowest BCUT2D eigenvalue weighted by Gasteiger charge is -2.04. The molecule has 0 atom stereocenters. The smallest absolute Gasteiger partial charge is 0.167 e.